The molecule has 1 unspecified atom stereocenters. The average molecular weight is 226 g/mol. The highest BCUT2D eigenvalue weighted by Crippen LogP contribution is 2.19. The predicted octanol–water partition coefficient (Wildman–Crippen LogP) is 3.32. The van der Waals surface area contributed by atoms with Crippen LogP contribution in [0.3, 0.4) is 0 Å². The second kappa shape index (κ2) is 5.51. The van der Waals surface area contributed by atoms with Crippen LogP contribution in [-0.4, -0.2) is 0 Å². The Morgan fingerprint density at radius 3 is 2.24 bits per heavy atom. The van der Waals surface area contributed by atoms with Crippen LogP contribution in [-0.2, 0) is 6.54 Å². The van der Waals surface area contributed by atoms with E-state index < -0.39 is 0 Å². The summed E-state index contributed by atoms with van der Waals surface area (Å²) < 4.78 is 0. The summed E-state index contributed by atoms with van der Waals surface area (Å²) in [6.07, 6.45) is 0. The number of anilines is 1. The lowest BCUT2D eigenvalue weighted by molar-refractivity contribution is 0.884. The molecule has 0 aliphatic heterocycles. The van der Waals surface area contributed by atoms with Gasteiger partial charge >= 0.3 is 0 Å². The molecule has 1 atom stereocenters. The lowest BCUT2D eigenvalue weighted by Gasteiger charge is -2.15. The van der Waals surface area contributed by atoms with Gasteiger partial charge in [-0.2, -0.15) is 0 Å². The molecule has 2 heteroatoms. The van der Waals surface area contributed by atoms with E-state index in [0.717, 1.165) is 11.3 Å². The van der Waals surface area contributed by atoms with Gasteiger partial charge < -0.3 is 11.1 Å². The zero-order chi connectivity index (χ0) is 12.1. The maximum Gasteiger partial charge on any atom is 0.0485 e. The van der Waals surface area contributed by atoms with Crippen molar-refractivity contribution in [1.82, 2.24) is 0 Å². The third kappa shape index (κ3) is 3.08. The first-order chi connectivity index (χ1) is 8.29. The quantitative estimate of drug-likeness (QED) is 0.839. The van der Waals surface area contributed by atoms with Crippen LogP contribution in [0.25, 0.3) is 0 Å². The van der Waals surface area contributed by atoms with Crippen molar-refractivity contribution in [2.75, 3.05) is 5.32 Å². The van der Waals surface area contributed by atoms with Gasteiger partial charge in [-0.05, 0) is 30.2 Å². The van der Waals surface area contributed by atoms with Gasteiger partial charge in [0.1, 0.15) is 0 Å². The molecular weight excluding hydrogens is 208 g/mol. The predicted molar refractivity (Wildman–Crippen MR) is 72.8 cm³/mol. The van der Waals surface area contributed by atoms with Crippen LogP contribution in [0, 0.1) is 0 Å². The maximum atomic E-state index is 5.57. The number of rotatable bonds is 4. The monoisotopic (exact) mass is 226 g/mol. The molecule has 0 spiro atoms. The maximum absolute atomic E-state index is 5.57. The van der Waals surface area contributed by atoms with Gasteiger partial charge in [-0.15, -0.1) is 0 Å². The molecule has 2 aromatic rings. The zero-order valence-corrected chi connectivity index (χ0v) is 10.1. The van der Waals surface area contributed by atoms with Crippen molar-refractivity contribution in [1.29, 1.82) is 0 Å². The molecule has 0 bridgehead atoms. The third-order valence-corrected chi connectivity index (χ3v) is 2.87. The first kappa shape index (κ1) is 11.7. The molecule has 0 saturated heterocycles. The van der Waals surface area contributed by atoms with Gasteiger partial charge in [0.2, 0.25) is 0 Å². The molecule has 0 radical (unpaired) electrons. The second-order valence-electron chi connectivity index (χ2n) is 4.18. The normalized spacial score (nSPS) is 12.1. The lowest BCUT2D eigenvalue weighted by Crippen LogP contribution is -2.06. The Labute approximate surface area is 102 Å². The Morgan fingerprint density at radius 1 is 1.00 bits per heavy atom. The molecule has 2 aromatic carbocycles. The first-order valence-corrected chi connectivity index (χ1v) is 5.90. The van der Waals surface area contributed by atoms with E-state index in [1.807, 2.05) is 6.07 Å². The van der Waals surface area contributed by atoms with Crippen molar-refractivity contribution in [3.8, 4) is 0 Å². The molecule has 2 nitrogen and oxygen atoms in total. The van der Waals surface area contributed by atoms with E-state index in [4.69, 9.17) is 5.73 Å². The fourth-order valence-corrected chi connectivity index (χ4v) is 1.81. The molecule has 0 aromatic heterocycles. The largest absolute Gasteiger partial charge is 0.379 e. The second-order valence-corrected chi connectivity index (χ2v) is 4.18. The average Bonchev–Trinajstić information content (AvgIpc) is 2.40. The number of hydrogen-bond donors (Lipinski definition) is 2. The van der Waals surface area contributed by atoms with Crippen molar-refractivity contribution in [2.24, 2.45) is 5.73 Å². The van der Waals surface area contributed by atoms with Crippen LogP contribution in [0.4, 0.5) is 5.69 Å². The van der Waals surface area contributed by atoms with Crippen LogP contribution in [0.15, 0.2) is 54.6 Å². The van der Waals surface area contributed by atoms with Gasteiger partial charge in [0, 0.05) is 18.3 Å². The summed E-state index contributed by atoms with van der Waals surface area (Å²) in [5, 5.41) is 3.47. The molecule has 0 heterocycles. The van der Waals surface area contributed by atoms with Gasteiger partial charge in [0.05, 0.1) is 0 Å². The van der Waals surface area contributed by atoms with E-state index in [1.165, 1.54) is 5.56 Å². The molecule has 0 aliphatic rings. The molecule has 3 N–H and O–H groups in total. The number of nitrogens with two attached hydrogens (primary N) is 1. The highest BCUT2D eigenvalue weighted by Gasteiger charge is 2.03. The molecule has 17 heavy (non-hydrogen) atoms. The first-order valence-electron chi connectivity index (χ1n) is 5.90. The minimum absolute atomic E-state index is 0.305. The third-order valence-electron chi connectivity index (χ3n) is 2.87. The number of hydrogen-bond acceptors (Lipinski definition) is 2. The lowest BCUT2D eigenvalue weighted by atomic mass is 10.1. The fraction of sp³-hybridized carbons (Fsp3) is 0.200. The van der Waals surface area contributed by atoms with Gasteiger partial charge in [-0.25, -0.2) is 0 Å². The van der Waals surface area contributed by atoms with Crippen LogP contribution in [0.1, 0.15) is 24.1 Å². The van der Waals surface area contributed by atoms with Gasteiger partial charge in [0.15, 0.2) is 0 Å². The minimum Gasteiger partial charge on any atom is -0.379 e. The Kier molecular flexibility index (Phi) is 3.78. The van der Waals surface area contributed by atoms with Crippen molar-refractivity contribution >= 4 is 5.69 Å². The summed E-state index contributed by atoms with van der Waals surface area (Å²) >= 11 is 0. The zero-order valence-electron chi connectivity index (χ0n) is 10.1. The standard InChI is InChI=1S/C15H18N2/c1-12(14-5-3-2-4-6-14)17-15-9-7-13(11-16)8-10-15/h2-10,12,17H,11,16H2,1H3. The smallest absolute Gasteiger partial charge is 0.0485 e. The fourth-order valence-electron chi connectivity index (χ4n) is 1.81. The molecule has 0 fully saturated rings. The summed E-state index contributed by atoms with van der Waals surface area (Å²) in [5.74, 6) is 0. The summed E-state index contributed by atoms with van der Waals surface area (Å²) in [6.45, 7) is 2.75. The molecule has 0 amide bonds. The Balaban J connectivity index is 2.05. The molecular formula is C15H18N2. The van der Waals surface area contributed by atoms with Crippen LogP contribution in [0.5, 0.6) is 0 Å². The van der Waals surface area contributed by atoms with Gasteiger partial charge in [-0.1, -0.05) is 42.5 Å². The summed E-state index contributed by atoms with van der Waals surface area (Å²) in [7, 11) is 0. The molecule has 0 aliphatic carbocycles. The molecule has 88 valence electrons. The number of benzene rings is 2. The van der Waals surface area contributed by atoms with Crippen LogP contribution >= 0.6 is 0 Å². The summed E-state index contributed by atoms with van der Waals surface area (Å²) in [4.78, 5) is 0. The van der Waals surface area contributed by atoms with E-state index in [9.17, 15) is 0 Å². The topological polar surface area (TPSA) is 38.0 Å². The van der Waals surface area contributed by atoms with Gasteiger partial charge in [-0.3, -0.25) is 0 Å². The van der Waals surface area contributed by atoms with E-state index >= 15 is 0 Å². The van der Waals surface area contributed by atoms with E-state index in [2.05, 4.69) is 60.8 Å². The van der Waals surface area contributed by atoms with E-state index in [1.54, 1.807) is 0 Å². The van der Waals surface area contributed by atoms with Gasteiger partial charge in [0.25, 0.3) is 0 Å². The number of nitrogens with one attached hydrogen (secondary N) is 1. The summed E-state index contributed by atoms with van der Waals surface area (Å²) in [6, 6.07) is 19.0. The van der Waals surface area contributed by atoms with E-state index in [-0.39, 0.29) is 0 Å². The SMILES string of the molecule is CC(Nc1ccc(CN)cc1)c1ccccc1. The minimum atomic E-state index is 0.305. The van der Waals surface area contributed by atoms with Crippen molar-refractivity contribution in [3.05, 3.63) is 65.7 Å². The highest BCUT2D eigenvalue weighted by atomic mass is 14.9. The highest BCUT2D eigenvalue weighted by molar-refractivity contribution is 5.46. The van der Waals surface area contributed by atoms with E-state index in [0.29, 0.717) is 12.6 Å². The van der Waals surface area contributed by atoms with Crippen LogP contribution < -0.4 is 11.1 Å². The summed E-state index contributed by atoms with van der Waals surface area (Å²) in [5.41, 5.74) is 9.14. The Bertz CT molecular complexity index is 448. The Hall–Kier alpha value is -1.80. The molecule has 2 rings (SSSR count). The van der Waals surface area contributed by atoms with Crippen molar-refractivity contribution in [2.45, 2.75) is 19.5 Å². The Morgan fingerprint density at radius 2 is 1.65 bits per heavy atom. The van der Waals surface area contributed by atoms with Crippen molar-refractivity contribution in [3.63, 3.8) is 0 Å². The van der Waals surface area contributed by atoms with Crippen molar-refractivity contribution < 1.29 is 0 Å². The molecule has 0 saturated carbocycles. The van der Waals surface area contributed by atoms with Crippen LogP contribution in [0.2, 0.25) is 0 Å².